The van der Waals surface area contributed by atoms with E-state index in [1.165, 1.54) is 6.07 Å². The van der Waals surface area contributed by atoms with Crippen molar-refractivity contribution < 1.29 is 14.5 Å². The maximum Gasteiger partial charge on any atom is 0.274 e. The minimum Gasteiger partial charge on any atom is -0.491 e. The van der Waals surface area contributed by atoms with Gasteiger partial charge in [-0.3, -0.25) is 14.9 Å². The van der Waals surface area contributed by atoms with Crippen molar-refractivity contribution in [3.05, 3.63) is 64.2 Å². The third-order valence-corrected chi connectivity index (χ3v) is 4.02. The van der Waals surface area contributed by atoms with Gasteiger partial charge in [-0.25, -0.2) is 4.99 Å². The molecule has 0 aromatic heterocycles. The van der Waals surface area contributed by atoms with Crippen LogP contribution < -0.4 is 20.7 Å². The highest BCUT2D eigenvalue weighted by Gasteiger charge is 2.15. The molecule has 0 radical (unpaired) electrons. The topological polar surface area (TPSA) is 118 Å². The summed E-state index contributed by atoms with van der Waals surface area (Å²) in [7, 11) is 0. The Balaban J connectivity index is 0.00000544. The van der Waals surface area contributed by atoms with Crippen molar-refractivity contribution in [1.29, 1.82) is 0 Å². The lowest BCUT2D eigenvalue weighted by molar-refractivity contribution is -0.385. The fourth-order valence-corrected chi connectivity index (χ4v) is 2.78. The van der Waals surface area contributed by atoms with Crippen molar-refractivity contribution in [2.75, 3.05) is 11.9 Å². The molecule has 0 heterocycles. The molecule has 2 aromatic carbocycles. The molecule has 0 unspecified atom stereocenters. The summed E-state index contributed by atoms with van der Waals surface area (Å²) in [5, 5.41) is 20.3. The summed E-state index contributed by atoms with van der Waals surface area (Å²) in [5.41, 5.74) is 0.834. The molecule has 9 nitrogen and oxygen atoms in total. The van der Waals surface area contributed by atoms with E-state index in [0.29, 0.717) is 11.5 Å². The van der Waals surface area contributed by atoms with Gasteiger partial charge in [0.05, 0.1) is 29.7 Å². The highest BCUT2D eigenvalue weighted by atomic mass is 127. The molecular weight excluding hydrogens is 537 g/mol. The van der Waals surface area contributed by atoms with Crippen LogP contribution >= 0.6 is 24.0 Å². The molecule has 0 spiro atoms. The van der Waals surface area contributed by atoms with Crippen molar-refractivity contribution in [2.45, 2.75) is 52.8 Å². The maximum atomic E-state index is 12.2. The molecule has 1 amide bonds. The number of para-hydroxylation sites is 1. The smallest absolute Gasteiger partial charge is 0.274 e. The first-order valence-electron chi connectivity index (χ1n) is 10.4. The largest absolute Gasteiger partial charge is 0.491 e. The first kappa shape index (κ1) is 28.1. The number of carbonyl (C=O) groups is 1. The van der Waals surface area contributed by atoms with Crippen LogP contribution in [0.25, 0.3) is 0 Å². The van der Waals surface area contributed by atoms with Crippen LogP contribution in [-0.4, -0.2) is 35.0 Å². The number of guanidine groups is 1. The Morgan fingerprint density at radius 3 is 2.33 bits per heavy atom. The number of hydrogen-bond donors (Lipinski definition) is 3. The van der Waals surface area contributed by atoms with E-state index in [1.807, 2.05) is 58.9 Å². The van der Waals surface area contributed by atoms with Crippen LogP contribution in [0.1, 0.15) is 40.2 Å². The van der Waals surface area contributed by atoms with Crippen molar-refractivity contribution in [2.24, 2.45) is 4.99 Å². The van der Waals surface area contributed by atoms with E-state index < -0.39 is 4.92 Å². The number of aliphatic imine (C=N–C) groups is 1. The zero-order chi connectivity index (χ0) is 23.7. The molecule has 0 aliphatic heterocycles. The number of halogens is 1. The Hall–Kier alpha value is -2.89. The predicted octanol–water partition coefficient (Wildman–Crippen LogP) is 4.47. The van der Waals surface area contributed by atoms with Gasteiger partial charge in [-0.05, 0) is 58.9 Å². The summed E-state index contributed by atoms with van der Waals surface area (Å²) in [5.74, 6) is 0.865. The number of nitro benzene ring substituents is 1. The molecule has 0 atom stereocenters. The van der Waals surface area contributed by atoms with Crippen LogP contribution in [0, 0.1) is 10.1 Å². The molecule has 0 saturated heterocycles. The van der Waals surface area contributed by atoms with Gasteiger partial charge in [0.2, 0.25) is 5.91 Å². The number of anilines is 1. The molecule has 3 N–H and O–H groups in total. The van der Waals surface area contributed by atoms with Crippen molar-refractivity contribution in [3.8, 4) is 5.75 Å². The molecule has 2 rings (SSSR count). The average molecular weight is 569 g/mol. The first-order chi connectivity index (χ1) is 15.0. The van der Waals surface area contributed by atoms with Gasteiger partial charge in [-0.15, -0.1) is 24.0 Å². The highest BCUT2D eigenvalue weighted by Crippen LogP contribution is 2.19. The van der Waals surface area contributed by atoms with E-state index in [0.717, 1.165) is 11.4 Å². The Labute approximate surface area is 211 Å². The van der Waals surface area contributed by atoms with Gasteiger partial charge < -0.3 is 20.7 Å². The van der Waals surface area contributed by atoms with Gasteiger partial charge >= 0.3 is 0 Å². The summed E-state index contributed by atoms with van der Waals surface area (Å²) in [6, 6.07) is 13.7. The van der Waals surface area contributed by atoms with Crippen LogP contribution in [0.15, 0.2) is 53.5 Å². The zero-order valence-corrected chi connectivity index (χ0v) is 21.9. The molecular formula is C23H32IN5O4. The molecule has 33 heavy (non-hydrogen) atoms. The van der Waals surface area contributed by atoms with Crippen LogP contribution in [-0.2, 0) is 11.3 Å². The molecule has 0 bridgehead atoms. The Morgan fingerprint density at radius 1 is 1.12 bits per heavy atom. The Kier molecular flexibility index (Phi) is 11.1. The summed E-state index contributed by atoms with van der Waals surface area (Å²) in [4.78, 5) is 27.5. The van der Waals surface area contributed by atoms with Gasteiger partial charge in [0.1, 0.15) is 5.75 Å². The third-order valence-electron chi connectivity index (χ3n) is 4.02. The van der Waals surface area contributed by atoms with Gasteiger partial charge in [0, 0.05) is 17.3 Å². The normalized spacial score (nSPS) is 11.4. The van der Waals surface area contributed by atoms with E-state index in [4.69, 9.17) is 4.74 Å². The Bertz CT molecular complexity index is 956. The minimum absolute atomic E-state index is 0. The lowest BCUT2D eigenvalue weighted by Crippen LogP contribution is -2.46. The number of hydrogen-bond acceptors (Lipinski definition) is 5. The third kappa shape index (κ3) is 10.5. The number of benzene rings is 2. The number of amides is 1. The lowest BCUT2D eigenvalue weighted by atomic mass is 10.1. The number of nitrogens with one attached hydrogen (secondary N) is 3. The number of ether oxygens (including phenoxy) is 1. The second kappa shape index (κ2) is 13.0. The molecule has 0 fully saturated rings. The lowest BCUT2D eigenvalue weighted by Gasteiger charge is -2.21. The average Bonchev–Trinajstić information content (AvgIpc) is 2.70. The van der Waals surface area contributed by atoms with Gasteiger partial charge in [0.25, 0.3) is 5.69 Å². The standard InChI is InChI=1S/C23H31N5O4.HI/c1-16(2)32-19-12-10-18(11-13-19)26-22(25-15-21(29)27-23(3,4)5)24-14-17-8-6-7-9-20(17)28(30)31;/h6-13,16H,14-15H2,1-5H3,(H,27,29)(H2,24,25,26);1H. The van der Waals surface area contributed by atoms with Gasteiger partial charge in [0.15, 0.2) is 5.96 Å². The second-order valence-corrected chi connectivity index (χ2v) is 8.52. The quantitative estimate of drug-likeness (QED) is 0.142. The Morgan fingerprint density at radius 2 is 1.76 bits per heavy atom. The fraction of sp³-hybridized carbons (Fsp3) is 0.391. The van der Waals surface area contributed by atoms with Crippen LogP contribution in [0.3, 0.4) is 0 Å². The summed E-state index contributed by atoms with van der Waals surface area (Å²) in [6.45, 7) is 9.66. The number of nitro groups is 1. The molecule has 0 aliphatic carbocycles. The first-order valence-corrected chi connectivity index (χ1v) is 10.4. The molecule has 2 aromatic rings. The van der Waals surface area contributed by atoms with Crippen LogP contribution in [0.4, 0.5) is 11.4 Å². The van der Waals surface area contributed by atoms with E-state index in [-0.39, 0.29) is 60.3 Å². The van der Waals surface area contributed by atoms with Crippen molar-refractivity contribution >= 4 is 47.2 Å². The molecule has 0 aliphatic rings. The van der Waals surface area contributed by atoms with E-state index in [9.17, 15) is 14.9 Å². The van der Waals surface area contributed by atoms with E-state index >= 15 is 0 Å². The highest BCUT2D eigenvalue weighted by molar-refractivity contribution is 14.0. The SMILES string of the molecule is CC(C)Oc1ccc(NC(=NCc2ccccc2[N+](=O)[O-])NCC(=O)NC(C)(C)C)cc1.I. The van der Waals surface area contributed by atoms with Gasteiger partial charge in [-0.1, -0.05) is 18.2 Å². The predicted molar refractivity (Wildman–Crippen MR) is 141 cm³/mol. The molecule has 0 saturated carbocycles. The summed E-state index contributed by atoms with van der Waals surface area (Å²) < 4.78 is 5.65. The minimum atomic E-state index is -0.435. The second-order valence-electron chi connectivity index (χ2n) is 8.52. The zero-order valence-electron chi connectivity index (χ0n) is 19.5. The van der Waals surface area contributed by atoms with E-state index in [1.54, 1.807) is 18.2 Å². The van der Waals surface area contributed by atoms with E-state index in [2.05, 4.69) is 20.9 Å². The number of rotatable bonds is 8. The molecule has 180 valence electrons. The maximum absolute atomic E-state index is 12.2. The van der Waals surface area contributed by atoms with Crippen LogP contribution in [0.5, 0.6) is 5.75 Å². The summed E-state index contributed by atoms with van der Waals surface area (Å²) in [6.07, 6.45) is 0.0654. The van der Waals surface area contributed by atoms with Crippen molar-refractivity contribution in [1.82, 2.24) is 10.6 Å². The molecule has 10 heteroatoms. The monoisotopic (exact) mass is 569 g/mol. The number of carbonyl (C=O) groups excluding carboxylic acids is 1. The van der Waals surface area contributed by atoms with Gasteiger partial charge in [-0.2, -0.15) is 0 Å². The van der Waals surface area contributed by atoms with Crippen molar-refractivity contribution in [3.63, 3.8) is 0 Å². The van der Waals surface area contributed by atoms with Crippen LogP contribution in [0.2, 0.25) is 0 Å². The number of nitrogens with zero attached hydrogens (tertiary/aromatic N) is 2. The fourth-order valence-electron chi connectivity index (χ4n) is 2.78. The summed E-state index contributed by atoms with van der Waals surface area (Å²) >= 11 is 0.